The number of amides is 2. The van der Waals surface area contributed by atoms with Crippen LogP contribution in [0.4, 0.5) is 5.95 Å². The molecule has 2 amide bonds. The van der Waals surface area contributed by atoms with Crippen LogP contribution in [-0.4, -0.2) is 81.6 Å². The number of nitrogens with zero attached hydrogens (tertiary/aromatic N) is 6. The van der Waals surface area contributed by atoms with Gasteiger partial charge in [0, 0.05) is 63.1 Å². The van der Waals surface area contributed by atoms with Crippen molar-refractivity contribution in [3.8, 4) is 0 Å². The zero-order valence-electron chi connectivity index (χ0n) is 23.3. The van der Waals surface area contributed by atoms with Gasteiger partial charge in [0.25, 0.3) is 5.91 Å². The van der Waals surface area contributed by atoms with E-state index in [2.05, 4.69) is 25.2 Å². The molecular formula is C29H40N8O2. The van der Waals surface area contributed by atoms with E-state index in [9.17, 15) is 9.59 Å². The molecule has 2 bridgehead atoms. The number of carbonyl (C=O) groups is 2. The monoisotopic (exact) mass is 532 g/mol. The van der Waals surface area contributed by atoms with Crippen molar-refractivity contribution in [3.63, 3.8) is 0 Å². The number of hydrogen-bond donors (Lipinski definition) is 2. The Bertz CT molecular complexity index is 1310. The highest BCUT2D eigenvalue weighted by atomic mass is 16.2. The minimum Gasteiger partial charge on any atom is -0.343 e. The van der Waals surface area contributed by atoms with Gasteiger partial charge in [0.05, 0.1) is 5.41 Å². The van der Waals surface area contributed by atoms with Gasteiger partial charge < -0.3 is 25.0 Å². The molecule has 0 aromatic carbocycles. The Morgan fingerprint density at radius 3 is 2.44 bits per heavy atom. The van der Waals surface area contributed by atoms with Crippen LogP contribution >= 0.6 is 0 Å². The van der Waals surface area contributed by atoms with Gasteiger partial charge in [-0.3, -0.25) is 9.59 Å². The largest absolute Gasteiger partial charge is 0.343 e. The fourth-order valence-corrected chi connectivity index (χ4v) is 6.64. The van der Waals surface area contributed by atoms with E-state index in [1.807, 2.05) is 24.0 Å². The summed E-state index contributed by atoms with van der Waals surface area (Å²) in [5, 5.41) is 7.71. The van der Waals surface area contributed by atoms with Crippen molar-refractivity contribution >= 4 is 35.0 Å². The van der Waals surface area contributed by atoms with Crippen LogP contribution in [0.1, 0.15) is 81.2 Å². The summed E-state index contributed by atoms with van der Waals surface area (Å²) in [5.41, 5.74) is 0.791. The summed E-state index contributed by atoms with van der Waals surface area (Å²) in [4.78, 5) is 44.2. The van der Waals surface area contributed by atoms with Crippen LogP contribution in [0, 0.1) is 5.41 Å². The lowest BCUT2D eigenvalue weighted by Crippen LogP contribution is -2.56. The summed E-state index contributed by atoms with van der Waals surface area (Å²) in [6, 6.07) is 3.00. The Hall–Kier alpha value is -3.27. The highest BCUT2D eigenvalue weighted by molar-refractivity contribution is 5.99. The van der Waals surface area contributed by atoms with Gasteiger partial charge in [-0.2, -0.15) is 4.98 Å². The number of fused-ring (bicyclic) bond motifs is 3. The van der Waals surface area contributed by atoms with Crippen molar-refractivity contribution in [2.45, 2.75) is 82.8 Å². The molecule has 39 heavy (non-hydrogen) atoms. The third-order valence-corrected chi connectivity index (χ3v) is 8.83. The quantitative estimate of drug-likeness (QED) is 0.569. The van der Waals surface area contributed by atoms with Crippen molar-refractivity contribution in [1.29, 1.82) is 0 Å². The lowest BCUT2D eigenvalue weighted by Gasteiger charge is -2.38. The maximum Gasteiger partial charge on any atom is 0.270 e. The van der Waals surface area contributed by atoms with Crippen molar-refractivity contribution < 1.29 is 9.59 Å². The normalized spacial score (nSPS) is 27.4. The molecule has 6 rings (SSSR count). The molecule has 1 saturated carbocycles. The molecule has 0 spiro atoms. The van der Waals surface area contributed by atoms with Gasteiger partial charge in [0.15, 0.2) is 0 Å². The Kier molecular flexibility index (Phi) is 6.91. The number of likely N-dealkylation sites (tertiary alicyclic amines) is 1. The second kappa shape index (κ2) is 10.4. The van der Waals surface area contributed by atoms with E-state index in [1.54, 1.807) is 31.4 Å². The molecule has 1 aliphatic carbocycles. The smallest absolute Gasteiger partial charge is 0.270 e. The first-order valence-corrected chi connectivity index (χ1v) is 14.5. The molecular weight excluding hydrogens is 492 g/mol. The molecule has 10 heteroatoms. The third kappa shape index (κ3) is 5.06. The zero-order valence-corrected chi connectivity index (χ0v) is 23.3. The topological polar surface area (TPSA) is 108 Å². The number of nitrogens with one attached hydrogen (secondary N) is 2. The number of allylic oxidation sites excluding steroid dienone is 1. The molecule has 4 aliphatic rings. The van der Waals surface area contributed by atoms with Crippen LogP contribution < -0.4 is 10.6 Å². The Morgan fingerprint density at radius 1 is 1.08 bits per heavy atom. The average molecular weight is 533 g/mol. The number of carbonyl (C=O) groups excluding carboxylic acids is 2. The molecule has 5 heterocycles. The van der Waals surface area contributed by atoms with Crippen LogP contribution in [0.25, 0.3) is 11.0 Å². The van der Waals surface area contributed by atoms with E-state index in [-0.39, 0.29) is 17.9 Å². The average Bonchev–Trinajstić information content (AvgIpc) is 3.34. The van der Waals surface area contributed by atoms with E-state index >= 15 is 0 Å². The van der Waals surface area contributed by atoms with Crippen LogP contribution in [0.15, 0.2) is 29.2 Å². The number of piperazine rings is 1. The summed E-state index contributed by atoms with van der Waals surface area (Å²) >= 11 is 0. The Morgan fingerprint density at radius 2 is 1.79 bits per heavy atom. The van der Waals surface area contributed by atoms with E-state index < -0.39 is 5.41 Å². The van der Waals surface area contributed by atoms with E-state index in [0.29, 0.717) is 36.0 Å². The molecule has 3 atom stereocenters. The third-order valence-electron chi connectivity index (χ3n) is 8.83. The van der Waals surface area contributed by atoms with Gasteiger partial charge in [0.1, 0.15) is 17.2 Å². The van der Waals surface area contributed by atoms with Gasteiger partial charge >= 0.3 is 0 Å². The summed E-state index contributed by atoms with van der Waals surface area (Å²) in [6.07, 6.45) is 15.3. The van der Waals surface area contributed by atoms with Crippen LogP contribution in [0.3, 0.4) is 0 Å². The molecule has 0 radical (unpaired) electrons. The molecule has 3 unspecified atom stereocenters. The fraction of sp³-hybridized carbons (Fsp3) is 0.621. The van der Waals surface area contributed by atoms with E-state index in [1.165, 1.54) is 12.8 Å². The van der Waals surface area contributed by atoms with Crippen LogP contribution in [-0.2, 0) is 4.79 Å². The van der Waals surface area contributed by atoms with Crippen molar-refractivity contribution in [3.05, 3.63) is 29.9 Å². The standard InChI is InChI=1S/C29H40N8O2/c1-29(27(39)36-16-20-10-11-21(17-36)32-20)13-12-24(31-18-29)33-28-30-15-19-14-23(26(38)35(2)3)37(25(19)34-28)22-8-6-4-5-7-9-22/h12,14-15,18,20-22,32H,4-11,13,16-17H2,1-3H3,(H,30,33,34). The van der Waals surface area contributed by atoms with Crippen molar-refractivity contribution in [1.82, 2.24) is 29.7 Å². The maximum absolute atomic E-state index is 13.4. The molecule has 2 saturated heterocycles. The number of aliphatic imine (C=N–C) groups is 1. The highest BCUT2D eigenvalue weighted by Gasteiger charge is 2.41. The minimum atomic E-state index is -0.650. The first kappa shape index (κ1) is 26.0. The molecule has 2 aromatic heterocycles. The van der Waals surface area contributed by atoms with E-state index in [0.717, 1.165) is 62.6 Å². The predicted molar refractivity (Wildman–Crippen MR) is 152 cm³/mol. The molecule has 208 valence electrons. The summed E-state index contributed by atoms with van der Waals surface area (Å²) in [6.45, 7) is 3.53. The fourth-order valence-electron chi connectivity index (χ4n) is 6.64. The van der Waals surface area contributed by atoms with Gasteiger partial charge in [-0.25, -0.2) is 9.98 Å². The van der Waals surface area contributed by atoms with Crippen LogP contribution in [0.2, 0.25) is 0 Å². The highest BCUT2D eigenvalue weighted by Crippen LogP contribution is 2.34. The van der Waals surface area contributed by atoms with Gasteiger partial charge in [-0.05, 0) is 51.2 Å². The Labute approximate surface area is 229 Å². The first-order valence-electron chi connectivity index (χ1n) is 14.5. The van der Waals surface area contributed by atoms with Gasteiger partial charge in [-0.1, -0.05) is 25.7 Å². The number of anilines is 1. The van der Waals surface area contributed by atoms with Crippen LogP contribution in [0.5, 0.6) is 0 Å². The van der Waals surface area contributed by atoms with Gasteiger partial charge in [-0.15, -0.1) is 0 Å². The molecule has 3 aliphatic heterocycles. The first-order chi connectivity index (χ1) is 18.8. The molecule has 2 aromatic rings. The second-order valence-corrected chi connectivity index (χ2v) is 12.2. The number of aromatic nitrogens is 3. The predicted octanol–water partition coefficient (Wildman–Crippen LogP) is 3.73. The number of hydrogen-bond acceptors (Lipinski definition) is 7. The summed E-state index contributed by atoms with van der Waals surface area (Å²) in [7, 11) is 3.57. The second-order valence-electron chi connectivity index (χ2n) is 12.2. The molecule has 2 N–H and O–H groups in total. The van der Waals surface area contributed by atoms with E-state index in [4.69, 9.17) is 4.98 Å². The minimum absolute atomic E-state index is 0.0206. The van der Waals surface area contributed by atoms with Crippen molar-refractivity contribution in [2.24, 2.45) is 10.4 Å². The van der Waals surface area contributed by atoms with Gasteiger partial charge in [0.2, 0.25) is 11.9 Å². The lowest BCUT2D eigenvalue weighted by atomic mass is 9.84. The maximum atomic E-state index is 13.4. The summed E-state index contributed by atoms with van der Waals surface area (Å²) < 4.78 is 2.14. The number of rotatable bonds is 5. The Balaban J connectivity index is 1.22. The zero-order chi connectivity index (χ0) is 27.1. The molecule has 10 nitrogen and oxygen atoms in total. The van der Waals surface area contributed by atoms with Crippen molar-refractivity contribution in [2.75, 3.05) is 32.5 Å². The SMILES string of the molecule is CN(C)C(=O)c1cc2cnc(NC3=CCC(C)(C(=O)N4CC5CCC(C4)N5)C=N3)nc2n1C1CCCCCC1. The summed E-state index contributed by atoms with van der Waals surface area (Å²) in [5.74, 6) is 1.21. The lowest BCUT2D eigenvalue weighted by molar-refractivity contribution is -0.138. The molecule has 3 fully saturated rings.